The molecule has 1 aromatic carbocycles. The van der Waals surface area contributed by atoms with E-state index in [2.05, 4.69) is 10.3 Å². The maximum atomic E-state index is 11.4. The van der Waals surface area contributed by atoms with Gasteiger partial charge in [0.25, 0.3) is 0 Å². The summed E-state index contributed by atoms with van der Waals surface area (Å²) in [5.41, 5.74) is 1.56. The second kappa shape index (κ2) is 6.11. The highest BCUT2D eigenvalue weighted by Gasteiger charge is 2.22. The second-order valence-electron chi connectivity index (χ2n) is 4.32. The van der Waals surface area contributed by atoms with Crippen molar-refractivity contribution < 1.29 is 9.90 Å². The molecule has 0 amide bonds. The number of pyridine rings is 1. The van der Waals surface area contributed by atoms with Crippen molar-refractivity contribution in [1.29, 1.82) is 0 Å². The fraction of sp³-hybridized carbons (Fsp3) is 0.200. The van der Waals surface area contributed by atoms with Crippen LogP contribution in [0.25, 0.3) is 0 Å². The monoisotopic (exact) mass is 256 g/mol. The first-order valence-electron chi connectivity index (χ1n) is 6.13. The van der Waals surface area contributed by atoms with Crippen LogP contribution in [0.2, 0.25) is 0 Å². The zero-order chi connectivity index (χ0) is 13.7. The third kappa shape index (κ3) is 3.39. The van der Waals surface area contributed by atoms with Gasteiger partial charge >= 0.3 is 5.97 Å². The van der Waals surface area contributed by atoms with Gasteiger partial charge in [0.15, 0.2) is 0 Å². The molecule has 0 aliphatic heterocycles. The lowest BCUT2D eigenvalue weighted by molar-refractivity contribution is -0.139. The van der Waals surface area contributed by atoms with Gasteiger partial charge in [-0.3, -0.25) is 15.1 Å². The number of aliphatic carboxylic acids is 1. The fourth-order valence-electron chi connectivity index (χ4n) is 1.92. The molecule has 0 saturated carbocycles. The minimum Gasteiger partial charge on any atom is -0.480 e. The molecular formula is C15H16N2O2. The van der Waals surface area contributed by atoms with Crippen LogP contribution in [0.5, 0.6) is 0 Å². The molecule has 2 unspecified atom stereocenters. The number of carbonyl (C=O) groups is 1. The van der Waals surface area contributed by atoms with Gasteiger partial charge in [-0.1, -0.05) is 36.4 Å². The van der Waals surface area contributed by atoms with Gasteiger partial charge < -0.3 is 5.11 Å². The van der Waals surface area contributed by atoms with Crippen LogP contribution in [0.15, 0.2) is 54.7 Å². The Hall–Kier alpha value is -2.20. The molecule has 0 aliphatic carbocycles. The Labute approximate surface area is 112 Å². The number of nitrogens with zero attached hydrogens (tertiary/aromatic N) is 1. The number of carboxylic acids is 1. The third-order valence-electron chi connectivity index (χ3n) is 2.93. The van der Waals surface area contributed by atoms with Crippen LogP contribution >= 0.6 is 0 Å². The molecule has 0 fully saturated rings. The molecule has 0 saturated heterocycles. The Morgan fingerprint density at radius 2 is 1.84 bits per heavy atom. The largest absolute Gasteiger partial charge is 0.480 e. The molecule has 2 N–H and O–H groups in total. The lowest BCUT2D eigenvalue weighted by Gasteiger charge is -2.20. The maximum Gasteiger partial charge on any atom is 0.325 e. The first-order valence-corrected chi connectivity index (χ1v) is 6.13. The van der Waals surface area contributed by atoms with Crippen LogP contribution in [0.1, 0.15) is 30.3 Å². The van der Waals surface area contributed by atoms with E-state index in [0.29, 0.717) is 0 Å². The minimum absolute atomic E-state index is 0.137. The first kappa shape index (κ1) is 13.2. The van der Waals surface area contributed by atoms with Gasteiger partial charge in [0.2, 0.25) is 0 Å². The van der Waals surface area contributed by atoms with Crippen molar-refractivity contribution in [2.45, 2.75) is 19.0 Å². The molecule has 2 aromatic rings. The maximum absolute atomic E-state index is 11.4. The van der Waals surface area contributed by atoms with E-state index in [1.165, 1.54) is 0 Å². The highest BCUT2D eigenvalue weighted by Crippen LogP contribution is 2.18. The highest BCUT2D eigenvalue weighted by molar-refractivity contribution is 5.75. The van der Waals surface area contributed by atoms with E-state index in [1.54, 1.807) is 18.3 Å². The molecule has 0 bridgehead atoms. The quantitative estimate of drug-likeness (QED) is 0.863. The summed E-state index contributed by atoms with van der Waals surface area (Å²) in [7, 11) is 0. The molecule has 4 nitrogen and oxygen atoms in total. The van der Waals surface area contributed by atoms with Crippen molar-refractivity contribution in [3.8, 4) is 0 Å². The summed E-state index contributed by atoms with van der Waals surface area (Å²) in [5, 5.41) is 12.4. The number of benzene rings is 1. The van der Waals surface area contributed by atoms with E-state index in [4.69, 9.17) is 0 Å². The van der Waals surface area contributed by atoms with Crippen molar-refractivity contribution in [2.75, 3.05) is 0 Å². The number of hydrogen-bond acceptors (Lipinski definition) is 3. The minimum atomic E-state index is -0.894. The molecule has 0 aliphatic rings. The predicted molar refractivity (Wildman–Crippen MR) is 72.6 cm³/mol. The Kier molecular flexibility index (Phi) is 4.26. The number of nitrogens with one attached hydrogen (secondary N) is 1. The summed E-state index contributed by atoms with van der Waals surface area (Å²) in [6.45, 7) is 1.90. The van der Waals surface area contributed by atoms with Crippen molar-refractivity contribution in [2.24, 2.45) is 0 Å². The molecule has 2 atom stereocenters. The summed E-state index contributed by atoms with van der Waals surface area (Å²) >= 11 is 0. The summed E-state index contributed by atoms with van der Waals surface area (Å²) in [6, 6.07) is 13.9. The molecule has 19 heavy (non-hydrogen) atoms. The smallest absolute Gasteiger partial charge is 0.325 e. The van der Waals surface area contributed by atoms with Gasteiger partial charge in [-0.2, -0.15) is 0 Å². The average Bonchev–Trinajstić information content (AvgIpc) is 2.46. The first-order chi connectivity index (χ1) is 9.18. The predicted octanol–water partition coefficient (Wildman–Crippen LogP) is 2.56. The van der Waals surface area contributed by atoms with Crippen molar-refractivity contribution in [3.63, 3.8) is 0 Å². The van der Waals surface area contributed by atoms with E-state index in [-0.39, 0.29) is 6.04 Å². The summed E-state index contributed by atoms with van der Waals surface area (Å²) in [4.78, 5) is 15.6. The Morgan fingerprint density at radius 3 is 2.42 bits per heavy atom. The van der Waals surface area contributed by atoms with E-state index in [1.807, 2.05) is 43.3 Å². The summed E-state index contributed by atoms with van der Waals surface area (Å²) in [5.74, 6) is -0.894. The molecule has 0 radical (unpaired) electrons. The van der Waals surface area contributed by atoms with Crippen LogP contribution in [-0.4, -0.2) is 16.1 Å². The summed E-state index contributed by atoms with van der Waals surface area (Å²) in [6.07, 6.45) is 1.70. The van der Waals surface area contributed by atoms with Gasteiger partial charge in [-0.15, -0.1) is 0 Å². The van der Waals surface area contributed by atoms with E-state index >= 15 is 0 Å². The molecule has 0 spiro atoms. The van der Waals surface area contributed by atoms with Gasteiger partial charge in [-0.05, 0) is 24.6 Å². The van der Waals surface area contributed by atoms with Gasteiger partial charge in [-0.25, -0.2) is 0 Å². The molecule has 98 valence electrons. The summed E-state index contributed by atoms with van der Waals surface area (Å²) < 4.78 is 0. The fourth-order valence-corrected chi connectivity index (χ4v) is 1.92. The SMILES string of the molecule is CC(NC(C(=O)O)c1ccccc1)c1ccccn1. The van der Waals surface area contributed by atoms with Crippen molar-refractivity contribution >= 4 is 5.97 Å². The normalized spacial score (nSPS) is 13.7. The Morgan fingerprint density at radius 1 is 1.16 bits per heavy atom. The second-order valence-corrected chi connectivity index (χ2v) is 4.32. The molecule has 1 aromatic heterocycles. The zero-order valence-corrected chi connectivity index (χ0v) is 10.7. The van der Waals surface area contributed by atoms with E-state index in [9.17, 15) is 9.90 Å². The molecule has 4 heteroatoms. The average molecular weight is 256 g/mol. The highest BCUT2D eigenvalue weighted by atomic mass is 16.4. The lowest BCUT2D eigenvalue weighted by Crippen LogP contribution is -2.31. The van der Waals surface area contributed by atoms with Gasteiger partial charge in [0, 0.05) is 12.2 Å². The molecular weight excluding hydrogens is 240 g/mol. The lowest BCUT2D eigenvalue weighted by atomic mass is 10.1. The van der Waals surface area contributed by atoms with Crippen LogP contribution in [0.3, 0.4) is 0 Å². The Bertz CT molecular complexity index is 528. The number of aromatic nitrogens is 1. The number of carboxylic acid groups (broad SMARTS) is 1. The van der Waals surface area contributed by atoms with Crippen LogP contribution in [-0.2, 0) is 4.79 Å². The number of rotatable bonds is 5. The van der Waals surface area contributed by atoms with E-state index in [0.717, 1.165) is 11.3 Å². The van der Waals surface area contributed by atoms with E-state index < -0.39 is 12.0 Å². The zero-order valence-electron chi connectivity index (χ0n) is 10.7. The Balaban J connectivity index is 2.16. The van der Waals surface area contributed by atoms with Crippen molar-refractivity contribution in [1.82, 2.24) is 10.3 Å². The molecule has 1 heterocycles. The van der Waals surface area contributed by atoms with Crippen molar-refractivity contribution in [3.05, 3.63) is 66.0 Å². The topological polar surface area (TPSA) is 62.2 Å². The van der Waals surface area contributed by atoms with Crippen LogP contribution in [0, 0.1) is 0 Å². The van der Waals surface area contributed by atoms with Crippen LogP contribution < -0.4 is 5.32 Å². The molecule has 2 rings (SSSR count). The van der Waals surface area contributed by atoms with Crippen LogP contribution in [0.4, 0.5) is 0 Å². The van der Waals surface area contributed by atoms with Gasteiger partial charge in [0.1, 0.15) is 6.04 Å². The standard InChI is InChI=1S/C15H16N2O2/c1-11(13-9-5-6-10-16-13)17-14(15(18)19)12-7-3-2-4-8-12/h2-11,14,17H,1H3,(H,18,19). The third-order valence-corrected chi connectivity index (χ3v) is 2.93. The van der Waals surface area contributed by atoms with Gasteiger partial charge in [0.05, 0.1) is 5.69 Å². The number of hydrogen-bond donors (Lipinski definition) is 2.